The Kier molecular flexibility index (Phi) is 4.31. The second kappa shape index (κ2) is 4.98. The van der Waals surface area contributed by atoms with Crippen LogP contribution in [0.4, 0.5) is 13.2 Å². The summed E-state index contributed by atoms with van der Waals surface area (Å²) < 4.78 is 40.9. The van der Waals surface area contributed by atoms with Gasteiger partial charge in [-0.3, -0.25) is 0 Å². The van der Waals surface area contributed by atoms with E-state index >= 15 is 0 Å². The van der Waals surface area contributed by atoms with Crippen LogP contribution in [0.3, 0.4) is 0 Å². The van der Waals surface area contributed by atoms with Gasteiger partial charge in [0.2, 0.25) is 0 Å². The summed E-state index contributed by atoms with van der Waals surface area (Å²) in [4.78, 5) is 0.737. The number of alkyl halides is 3. The van der Waals surface area contributed by atoms with Crippen LogP contribution in [0.25, 0.3) is 0 Å². The summed E-state index contributed by atoms with van der Waals surface area (Å²) >= 11 is 4.23. The van der Waals surface area contributed by atoms with Crippen LogP contribution < -0.4 is 4.72 Å². The molecular formula is C10H11BrF3NS. The molecule has 90 valence electrons. The van der Waals surface area contributed by atoms with E-state index in [9.17, 15) is 13.2 Å². The summed E-state index contributed by atoms with van der Waals surface area (Å²) in [7, 11) is 0. The van der Waals surface area contributed by atoms with Crippen molar-refractivity contribution in [2.75, 3.05) is 0 Å². The van der Waals surface area contributed by atoms with Crippen molar-refractivity contribution in [2.45, 2.75) is 30.5 Å². The highest BCUT2D eigenvalue weighted by atomic mass is 79.9. The van der Waals surface area contributed by atoms with Crippen molar-refractivity contribution in [1.82, 2.24) is 4.72 Å². The lowest BCUT2D eigenvalue weighted by molar-refractivity contribution is -0.179. The molecule has 0 saturated carbocycles. The smallest absolute Gasteiger partial charge is 0.245 e. The van der Waals surface area contributed by atoms with Crippen molar-refractivity contribution >= 4 is 27.9 Å². The van der Waals surface area contributed by atoms with Crippen molar-refractivity contribution in [2.24, 2.45) is 0 Å². The summed E-state index contributed by atoms with van der Waals surface area (Å²) in [6.45, 7) is 2.22. The predicted octanol–water partition coefficient (Wildman–Crippen LogP) is 4.39. The lowest BCUT2D eigenvalue weighted by atomic mass is 10.1. The van der Waals surface area contributed by atoms with Crippen LogP contribution in [0.5, 0.6) is 0 Å². The highest BCUT2D eigenvalue weighted by Crippen LogP contribution is 2.32. The molecule has 1 N–H and O–H groups in total. The Morgan fingerprint density at radius 1 is 1.12 bits per heavy atom. The molecule has 0 aliphatic carbocycles. The standard InChI is InChI=1S/C10H11BrF3NS/c1-9(2,10(12,13)14)15-16-8-5-3-7(11)4-6-8/h3-6,15H,1-2H3. The Morgan fingerprint density at radius 3 is 2.06 bits per heavy atom. The molecule has 1 nitrogen and oxygen atoms in total. The highest BCUT2D eigenvalue weighted by molar-refractivity contribution is 9.10. The van der Waals surface area contributed by atoms with Crippen LogP contribution in [0.1, 0.15) is 13.8 Å². The van der Waals surface area contributed by atoms with Crippen LogP contribution in [0.15, 0.2) is 33.6 Å². The zero-order valence-corrected chi connectivity index (χ0v) is 11.1. The molecule has 0 spiro atoms. The van der Waals surface area contributed by atoms with Gasteiger partial charge in [0.15, 0.2) is 0 Å². The van der Waals surface area contributed by atoms with Crippen LogP contribution in [0, 0.1) is 0 Å². The molecule has 0 aromatic heterocycles. The average molecular weight is 314 g/mol. The molecule has 0 saturated heterocycles. The monoisotopic (exact) mass is 313 g/mol. The SMILES string of the molecule is CC(C)(NSc1ccc(Br)cc1)C(F)(F)F. The quantitative estimate of drug-likeness (QED) is 0.831. The molecule has 0 heterocycles. The Bertz CT molecular complexity index is 348. The van der Waals surface area contributed by atoms with E-state index in [1.54, 1.807) is 24.3 Å². The van der Waals surface area contributed by atoms with Crippen LogP contribution in [-0.4, -0.2) is 11.7 Å². The van der Waals surface area contributed by atoms with Gasteiger partial charge < -0.3 is 0 Å². The fraction of sp³-hybridized carbons (Fsp3) is 0.400. The summed E-state index contributed by atoms with van der Waals surface area (Å²) in [5.41, 5.74) is -1.91. The molecule has 0 atom stereocenters. The first-order valence-corrected chi connectivity index (χ1v) is 6.10. The maximum absolute atomic E-state index is 12.5. The minimum atomic E-state index is -4.27. The van der Waals surface area contributed by atoms with Gasteiger partial charge in [0.1, 0.15) is 5.54 Å². The maximum atomic E-state index is 12.5. The normalized spacial score (nSPS) is 12.9. The van der Waals surface area contributed by atoms with Gasteiger partial charge in [-0.15, -0.1) is 0 Å². The topological polar surface area (TPSA) is 12.0 Å². The molecule has 0 aliphatic rings. The van der Waals surface area contributed by atoms with Gasteiger partial charge in [-0.25, -0.2) is 4.72 Å². The average Bonchev–Trinajstić information content (AvgIpc) is 2.15. The fourth-order valence-corrected chi connectivity index (χ4v) is 1.77. The highest BCUT2D eigenvalue weighted by Gasteiger charge is 2.47. The van der Waals surface area contributed by atoms with E-state index < -0.39 is 11.7 Å². The molecular weight excluding hydrogens is 303 g/mol. The van der Waals surface area contributed by atoms with Gasteiger partial charge in [0.05, 0.1) is 0 Å². The number of benzene rings is 1. The molecule has 0 bridgehead atoms. The fourth-order valence-electron chi connectivity index (χ4n) is 0.747. The molecule has 0 radical (unpaired) electrons. The number of rotatable bonds is 3. The van der Waals surface area contributed by atoms with Crippen molar-refractivity contribution in [3.8, 4) is 0 Å². The zero-order chi connectivity index (χ0) is 12.4. The van der Waals surface area contributed by atoms with E-state index in [1.807, 2.05) is 0 Å². The molecule has 1 rings (SSSR count). The van der Waals surface area contributed by atoms with E-state index in [2.05, 4.69) is 20.7 Å². The third kappa shape index (κ3) is 3.68. The summed E-state index contributed by atoms with van der Waals surface area (Å²) in [6, 6.07) is 7.05. The van der Waals surface area contributed by atoms with Crippen LogP contribution >= 0.6 is 27.9 Å². The van der Waals surface area contributed by atoms with E-state index in [0.29, 0.717) is 0 Å². The first kappa shape index (κ1) is 13.9. The summed E-state index contributed by atoms with van der Waals surface area (Å²) in [5, 5.41) is 0. The summed E-state index contributed by atoms with van der Waals surface area (Å²) in [5.74, 6) is 0. The van der Waals surface area contributed by atoms with Crippen molar-refractivity contribution < 1.29 is 13.2 Å². The first-order valence-electron chi connectivity index (χ1n) is 4.49. The van der Waals surface area contributed by atoms with Gasteiger partial charge in [-0.05, 0) is 50.1 Å². The Balaban J connectivity index is 2.61. The first-order chi connectivity index (χ1) is 7.22. The number of halogens is 4. The molecule has 1 aromatic carbocycles. The van der Waals surface area contributed by atoms with E-state index in [-0.39, 0.29) is 0 Å². The van der Waals surface area contributed by atoms with Gasteiger partial charge in [-0.2, -0.15) is 13.2 Å². The van der Waals surface area contributed by atoms with Gasteiger partial charge in [-0.1, -0.05) is 15.9 Å². The molecule has 0 aliphatic heterocycles. The Labute approximate surface area is 105 Å². The molecule has 6 heteroatoms. The largest absolute Gasteiger partial charge is 0.406 e. The second-order valence-corrected chi connectivity index (χ2v) is 5.58. The summed E-state index contributed by atoms with van der Waals surface area (Å²) in [6.07, 6.45) is -4.27. The van der Waals surface area contributed by atoms with Gasteiger partial charge in [0.25, 0.3) is 0 Å². The lowest BCUT2D eigenvalue weighted by Gasteiger charge is -2.28. The maximum Gasteiger partial charge on any atom is 0.406 e. The predicted molar refractivity (Wildman–Crippen MR) is 63.3 cm³/mol. The second-order valence-electron chi connectivity index (χ2n) is 3.78. The minimum Gasteiger partial charge on any atom is -0.245 e. The van der Waals surface area contributed by atoms with E-state index in [0.717, 1.165) is 35.2 Å². The van der Waals surface area contributed by atoms with E-state index in [4.69, 9.17) is 0 Å². The number of hydrogen-bond acceptors (Lipinski definition) is 2. The Hall–Kier alpha value is -0.200. The van der Waals surface area contributed by atoms with Crippen molar-refractivity contribution in [1.29, 1.82) is 0 Å². The van der Waals surface area contributed by atoms with Gasteiger partial charge >= 0.3 is 6.18 Å². The zero-order valence-electron chi connectivity index (χ0n) is 8.73. The Morgan fingerprint density at radius 2 is 1.62 bits per heavy atom. The van der Waals surface area contributed by atoms with Crippen molar-refractivity contribution in [3.63, 3.8) is 0 Å². The van der Waals surface area contributed by atoms with Crippen LogP contribution in [-0.2, 0) is 0 Å². The van der Waals surface area contributed by atoms with Crippen molar-refractivity contribution in [3.05, 3.63) is 28.7 Å². The third-order valence-corrected chi connectivity index (χ3v) is 3.60. The van der Waals surface area contributed by atoms with E-state index in [1.165, 1.54) is 0 Å². The minimum absolute atomic E-state index is 0.737. The molecule has 0 amide bonds. The van der Waals surface area contributed by atoms with Crippen LogP contribution in [0.2, 0.25) is 0 Å². The molecule has 0 fully saturated rings. The third-order valence-electron chi connectivity index (χ3n) is 1.95. The molecule has 0 unspecified atom stereocenters. The van der Waals surface area contributed by atoms with Gasteiger partial charge in [0, 0.05) is 9.37 Å². The number of nitrogens with one attached hydrogen (secondary N) is 1. The number of hydrogen-bond donors (Lipinski definition) is 1. The lowest BCUT2D eigenvalue weighted by Crippen LogP contribution is -2.48. The molecule has 1 aromatic rings. The molecule has 16 heavy (non-hydrogen) atoms.